The highest BCUT2D eigenvalue weighted by Crippen LogP contribution is 2.24. The van der Waals surface area contributed by atoms with E-state index in [1.165, 1.54) is 6.92 Å². The molecule has 2 N–H and O–H groups in total. The van der Waals surface area contributed by atoms with Crippen LogP contribution >= 0.6 is 0 Å². The maximum Gasteiger partial charge on any atom is 0.407 e. The highest BCUT2D eigenvalue weighted by Gasteiger charge is 2.45. The van der Waals surface area contributed by atoms with Crippen LogP contribution in [0.1, 0.15) is 23.6 Å². The molecule has 4 atom stereocenters. The number of benzene rings is 3. The molecule has 1 saturated heterocycles. The fourth-order valence-electron chi connectivity index (χ4n) is 4.41. The van der Waals surface area contributed by atoms with Crippen LogP contribution in [0.4, 0.5) is 9.59 Å². The van der Waals surface area contributed by atoms with Crippen molar-refractivity contribution in [1.29, 1.82) is 0 Å². The van der Waals surface area contributed by atoms with Crippen molar-refractivity contribution in [3.8, 4) is 0 Å². The maximum absolute atomic E-state index is 12.9. The second kappa shape index (κ2) is 12.6. The number of alkyl carbamates (subject to hydrolysis) is 2. The Balaban J connectivity index is 1.57. The molecular weight excluding hydrogens is 472 g/mol. The number of hydrogen-bond donors (Lipinski definition) is 2. The van der Waals surface area contributed by atoms with Crippen LogP contribution in [0.5, 0.6) is 0 Å². The van der Waals surface area contributed by atoms with Gasteiger partial charge in [0.1, 0.15) is 6.61 Å². The van der Waals surface area contributed by atoms with E-state index in [-0.39, 0.29) is 6.61 Å². The third kappa shape index (κ3) is 7.57. The van der Waals surface area contributed by atoms with Crippen LogP contribution in [0.3, 0.4) is 0 Å². The molecule has 3 aromatic rings. The van der Waals surface area contributed by atoms with Crippen LogP contribution in [0.25, 0.3) is 0 Å². The molecule has 192 valence electrons. The summed E-state index contributed by atoms with van der Waals surface area (Å²) in [6.07, 6.45) is -2.28. The van der Waals surface area contributed by atoms with Gasteiger partial charge >= 0.3 is 18.2 Å². The summed E-state index contributed by atoms with van der Waals surface area (Å²) in [6.45, 7) is 1.37. The average Bonchev–Trinajstić information content (AvgIpc) is 3.26. The maximum atomic E-state index is 12.9. The molecule has 0 bridgehead atoms. The molecule has 8 nitrogen and oxygen atoms in total. The van der Waals surface area contributed by atoms with E-state index in [0.717, 1.165) is 16.7 Å². The standard InChI is InChI=1S/C29H30N2O6/c1-20(32)36-26(27-25(31-29(34)37-27)18-22-13-7-3-8-14-22)24(17-21-11-5-2-6-12-21)30-28(33)35-19-23-15-9-4-10-16-23/h2-16,24-27H,17-19H2,1H3,(H,30,33)(H,31,34)/t24-,25-,26-,27+/m0/s1. The van der Waals surface area contributed by atoms with Gasteiger partial charge in [0, 0.05) is 6.92 Å². The van der Waals surface area contributed by atoms with Crippen LogP contribution in [-0.2, 0) is 38.5 Å². The number of hydrogen-bond acceptors (Lipinski definition) is 6. The van der Waals surface area contributed by atoms with E-state index in [9.17, 15) is 14.4 Å². The summed E-state index contributed by atoms with van der Waals surface area (Å²) < 4.78 is 16.8. The summed E-state index contributed by atoms with van der Waals surface area (Å²) in [6, 6.07) is 27.2. The topological polar surface area (TPSA) is 103 Å². The van der Waals surface area contributed by atoms with Crippen LogP contribution in [0.2, 0.25) is 0 Å². The average molecular weight is 503 g/mol. The van der Waals surface area contributed by atoms with Crippen molar-refractivity contribution in [2.24, 2.45) is 0 Å². The molecule has 2 amide bonds. The summed E-state index contributed by atoms with van der Waals surface area (Å²) >= 11 is 0. The van der Waals surface area contributed by atoms with Gasteiger partial charge in [-0.05, 0) is 29.5 Å². The number of carbonyl (C=O) groups excluding carboxylic acids is 3. The number of esters is 1. The Labute approximate surface area is 215 Å². The minimum atomic E-state index is -0.963. The van der Waals surface area contributed by atoms with Gasteiger partial charge in [0.05, 0.1) is 12.1 Å². The molecule has 0 unspecified atom stereocenters. The van der Waals surface area contributed by atoms with E-state index < -0.39 is 42.4 Å². The van der Waals surface area contributed by atoms with Gasteiger partial charge in [-0.2, -0.15) is 0 Å². The highest BCUT2D eigenvalue weighted by molar-refractivity contribution is 5.71. The van der Waals surface area contributed by atoms with Gasteiger partial charge in [0.2, 0.25) is 0 Å². The molecule has 1 aliphatic rings. The molecule has 0 aromatic heterocycles. The zero-order chi connectivity index (χ0) is 26.0. The van der Waals surface area contributed by atoms with Gasteiger partial charge in [-0.15, -0.1) is 0 Å². The van der Waals surface area contributed by atoms with Crippen molar-refractivity contribution in [2.45, 2.75) is 50.7 Å². The quantitative estimate of drug-likeness (QED) is 0.319. The Morgan fingerprint density at radius 2 is 1.46 bits per heavy atom. The van der Waals surface area contributed by atoms with Crippen molar-refractivity contribution in [3.63, 3.8) is 0 Å². The summed E-state index contributed by atoms with van der Waals surface area (Å²) in [4.78, 5) is 37.4. The zero-order valence-corrected chi connectivity index (χ0v) is 20.5. The Morgan fingerprint density at radius 3 is 2.05 bits per heavy atom. The summed E-state index contributed by atoms with van der Waals surface area (Å²) in [7, 11) is 0. The number of rotatable bonds is 10. The van der Waals surface area contributed by atoms with E-state index >= 15 is 0 Å². The second-order valence-corrected chi connectivity index (χ2v) is 8.89. The van der Waals surface area contributed by atoms with Gasteiger partial charge < -0.3 is 24.8 Å². The molecule has 1 aliphatic heterocycles. The molecular formula is C29H30N2O6. The van der Waals surface area contributed by atoms with Gasteiger partial charge in [0.25, 0.3) is 0 Å². The first-order valence-electron chi connectivity index (χ1n) is 12.2. The van der Waals surface area contributed by atoms with Gasteiger partial charge in [-0.3, -0.25) is 4.79 Å². The summed E-state index contributed by atoms with van der Waals surface area (Å²) in [5.74, 6) is -0.552. The summed E-state index contributed by atoms with van der Waals surface area (Å²) in [5.41, 5.74) is 2.73. The number of nitrogens with one attached hydrogen (secondary N) is 2. The number of amides is 2. The van der Waals surface area contributed by atoms with Gasteiger partial charge in [0.15, 0.2) is 12.2 Å². The van der Waals surface area contributed by atoms with Crippen LogP contribution in [0.15, 0.2) is 91.0 Å². The predicted molar refractivity (Wildman–Crippen MR) is 137 cm³/mol. The molecule has 3 aromatic carbocycles. The van der Waals surface area contributed by atoms with Crippen molar-refractivity contribution in [2.75, 3.05) is 0 Å². The fraction of sp³-hybridized carbons (Fsp3) is 0.276. The van der Waals surface area contributed by atoms with Crippen molar-refractivity contribution < 1.29 is 28.6 Å². The third-order valence-electron chi connectivity index (χ3n) is 6.08. The number of cyclic esters (lactones) is 1. The van der Waals surface area contributed by atoms with Crippen molar-refractivity contribution in [3.05, 3.63) is 108 Å². The smallest absolute Gasteiger partial charge is 0.407 e. The molecule has 8 heteroatoms. The minimum Gasteiger partial charge on any atom is -0.456 e. The Morgan fingerprint density at radius 1 is 0.892 bits per heavy atom. The lowest BCUT2D eigenvalue weighted by Gasteiger charge is -2.32. The molecule has 0 saturated carbocycles. The Kier molecular flexibility index (Phi) is 8.75. The molecule has 1 fully saturated rings. The first kappa shape index (κ1) is 25.8. The molecule has 0 spiro atoms. The van der Waals surface area contributed by atoms with Gasteiger partial charge in [-0.25, -0.2) is 9.59 Å². The molecule has 0 aliphatic carbocycles. The van der Waals surface area contributed by atoms with E-state index in [4.69, 9.17) is 14.2 Å². The van der Waals surface area contributed by atoms with E-state index in [0.29, 0.717) is 12.8 Å². The number of carbonyl (C=O) groups is 3. The highest BCUT2D eigenvalue weighted by atomic mass is 16.6. The molecule has 0 radical (unpaired) electrons. The van der Waals surface area contributed by atoms with E-state index in [1.807, 2.05) is 91.0 Å². The number of ether oxygens (including phenoxy) is 3. The van der Waals surface area contributed by atoms with Crippen molar-refractivity contribution >= 4 is 18.2 Å². The molecule has 4 rings (SSSR count). The van der Waals surface area contributed by atoms with Crippen molar-refractivity contribution in [1.82, 2.24) is 10.6 Å². The predicted octanol–water partition coefficient (Wildman–Crippen LogP) is 4.18. The van der Waals surface area contributed by atoms with E-state index in [2.05, 4.69) is 10.6 Å². The molecule has 37 heavy (non-hydrogen) atoms. The third-order valence-corrected chi connectivity index (χ3v) is 6.08. The summed E-state index contributed by atoms with van der Waals surface area (Å²) in [5, 5.41) is 5.69. The first-order chi connectivity index (χ1) is 18.0. The largest absolute Gasteiger partial charge is 0.456 e. The zero-order valence-electron chi connectivity index (χ0n) is 20.5. The Hall–Kier alpha value is -4.33. The first-order valence-corrected chi connectivity index (χ1v) is 12.2. The van der Waals surface area contributed by atoms with Crippen LogP contribution in [0, 0.1) is 0 Å². The lowest BCUT2D eigenvalue weighted by atomic mass is 9.91. The van der Waals surface area contributed by atoms with E-state index in [1.54, 1.807) is 0 Å². The van der Waals surface area contributed by atoms with Gasteiger partial charge in [-0.1, -0.05) is 91.0 Å². The monoisotopic (exact) mass is 502 g/mol. The molecule has 1 heterocycles. The Bertz CT molecular complexity index is 1170. The lowest BCUT2D eigenvalue weighted by molar-refractivity contribution is -0.154. The second-order valence-electron chi connectivity index (χ2n) is 8.89. The van der Waals surface area contributed by atoms with Crippen LogP contribution < -0.4 is 10.6 Å². The lowest BCUT2D eigenvalue weighted by Crippen LogP contribution is -2.55. The minimum absolute atomic E-state index is 0.0829. The fourth-order valence-corrected chi connectivity index (χ4v) is 4.41. The normalized spacial score (nSPS) is 18.1. The SMILES string of the molecule is CC(=O)O[C@H]([C@@H]1OC(=O)N[C@H]1Cc1ccccc1)[C@H](Cc1ccccc1)NC(=O)OCc1ccccc1. The van der Waals surface area contributed by atoms with Crippen LogP contribution in [-0.4, -0.2) is 42.4 Å².